The third-order valence-electron chi connectivity index (χ3n) is 2.61. The lowest BCUT2D eigenvalue weighted by atomic mass is 10.1. The van der Waals surface area contributed by atoms with Crippen LogP contribution in [0.4, 0.5) is 0 Å². The Labute approximate surface area is 91.7 Å². The highest BCUT2D eigenvalue weighted by molar-refractivity contribution is 9.11. The average Bonchev–Trinajstić information content (AvgIpc) is 2.87. The summed E-state index contributed by atoms with van der Waals surface area (Å²) in [6, 6.07) is 5.06. The molecule has 2 rings (SSSR count). The highest BCUT2D eigenvalue weighted by Gasteiger charge is 2.30. The van der Waals surface area contributed by atoms with E-state index in [4.69, 9.17) is 0 Å². The number of nitrogens with one attached hydrogen (secondary N) is 1. The van der Waals surface area contributed by atoms with Crippen LogP contribution >= 0.6 is 27.3 Å². The Bertz CT molecular complexity index is 280. The van der Waals surface area contributed by atoms with Crippen LogP contribution in [0.3, 0.4) is 0 Å². The van der Waals surface area contributed by atoms with E-state index in [9.17, 15) is 0 Å². The standard InChI is InChI=1S/C10H14BrNS/c1-12-9(7-2-3-7)6-8-4-5-10(11)13-8/h4-5,7,9,12H,2-3,6H2,1H3. The summed E-state index contributed by atoms with van der Waals surface area (Å²) in [5, 5.41) is 3.41. The van der Waals surface area contributed by atoms with Gasteiger partial charge in [0.05, 0.1) is 3.79 Å². The van der Waals surface area contributed by atoms with Gasteiger partial charge in [-0.25, -0.2) is 0 Å². The zero-order valence-electron chi connectivity index (χ0n) is 7.72. The zero-order chi connectivity index (χ0) is 9.26. The second-order valence-electron chi connectivity index (χ2n) is 3.64. The number of halogens is 1. The lowest BCUT2D eigenvalue weighted by Crippen LogP contribution is -2.29. The van der Waals surface area contributed by atoms with Crippen LogP contribution < -0.4 is 5.32 Å². The van der Waals surface area contributed by atoms with Crippen molar-refractivity contribution in [3.05, 3.63) is 20.8 Å². The Kier molecular flexibility index (Phi) is 3.06. The van der Waals surface area contributed by atoms with Gasteiger partial charge in [0.25, 0.3) is 0 Å². The maximum absolute atomic E-state index is 3.49. The zero-order valence-corrected chi connectivity index (χ0v) is 10.1. The SMILES string of the molecule is CNC(Cc1ccc(Br)s1)C1CC1. The van der Waals surface area contributed by atoms with E-state index in [1.54, 1.807) is 0 Å². The molecular formula is C10H14BrNS. The number of rotatable bonds is 4. The molecule has 3 heteroatoms. The van der Waals surface area contributed by atoms with Crippen molar-refractivity contribution >= 4 is 27.3 Å². The lowest BCUT2D eigenvalue weighted by molar-refractivity contribution is 0.503. The molecule has 0 amide bonds. The summed E-state index contributed by atoms with van der Waals surface area (Å²) in [4.78, 5) is 1.48. The molecule has 0 aliphatic heterocycles. The van der Waals surface area contributed by atoms with Crippen molar-refractivity contribution in [3.63, 3.8) is 0 Å². The normalized spacial score (nSPS) is 18.9. The third-order valence-corrected chi connectivity index (χ3v) is 4.26. The van der Waals surface area contributed by atoms with Crippen LogP contribution in [0.2, 0.25) is 0 Å². The summed E-state index contributed by atoms with van der Waals surface area (Å²) in [6.45, 7) is 0. The fourth-order valence-electron chi connectivity index (χ4n) is 1.68. The molecule has 1 N–H and O–H groups in total. The molecular weight excluding hydrogens is 246 g/mol. The summed E-state index contributed by atoms with van der Waals surface area (Å²) in [5.41, 5.74) is 0. The lowest BCUT2D eigenvalue weighted by Gasteiger charge is -2.13. The van der Waals surface area contributed by atoms with Gasteiger partial charge in [0, 0.05) is 10.9 Å². The molecule has 0 aromatic carbocycles. The molecule has 1 unspecified atom stereocenters. The van der Waals surface area contributed by atoms with Gasteiger partial charge >= 0.3 is 0 Å². The van der Waals surface area contributed by atoms with E-state index in [1.165, 1.54) is 27.9 Å². The van der Waals surface area contributed by atoms with Gasteiger partial charge in [0.1, 0.15) is 0 Å². The Morgan fingerprint density at radius 1 is 1.62 bits per heavy atom. The molecule has 1 atom stereocenters. The fourth-order valence-corrected chi connectivity index (χ4v) is 3.22. The summed E-state index contributed by atoms with van der Waals surface area (Å²) in [5.74, 6) is 0.936. The van der Waals surface area contributed by atoms with Gasteiger partial charge in [0.15, 0.2) is 0 Å². The Morgan fingerprint density at radius 3 is 2.85 bits per heavy atom. The molecule has 1 aromatic rings. The van der Waals surface area contributed by atoms with Crippen molar-refractivity contribution in [1.29, 1.82) is 0 Å². The van der Waals surface area contributed by atoms with Crippen molar-refractivity contribution in [2.75, 3.05) is 7.05 Å². The summed E-state index contributed by atoms with van der Waals surface area (Å²) >= 11 is 5.35. The molecule has 1 aliphatic carbocycles. The minimum absolute atomic E-state index is 0.700. The molecule has 1 saturated carbocycles. The van der Waals surface area contributed by atoms with Crippen LogP contribution in [0.1, 0.15) is 17.7 Å². The van der Waals surface area contributed by atoms with Gasteiger partial charge in [-0.15, -0.1) is 11.3 Å². The van der Waals surface area contributed by atoms with Gasteiger partial charge in [-0.2, -0.15) is 0 Å². The van der Waals surface area contributed by atoms with Crippen molar-refractivity contribution in [3.8, 4) is 0 Å². The number of likely N-dealkylation sites (N-methyl/N-ethyl adjacent to an activating group) is 1. The summed E-state index contributed by atoms with van der Waals surface area (Å²) in [7, 11) is 2.08. The first-order valence-corrected chi connectivity index (χ1v) is 6.32. The van der Waals surface area contributed by atoms with Crippen LogP contribution in [0.15, 0.2) is 15.9 Å². The van der Waals surface area contributed by atoms with Crippen molar-refractivity contribution in [1.82, 2.24) is 5.32 Å². The second-order valence-corrected chi connectivity index (χ2v) is 6.19. The smallest absolute Gasteiger partial charge is 0.0701 e. The summed E-state index contributed by atoms with van der Waals surface area (Å²) < 4.78 is 1.24. The van der Waals surface area contributed by atoms with Gasteiger partial charge < -0.3 is 5.32 Å². The average molecular weight is 260 g/mol. The van der Waals surface area contributed by atoms with Crippen LogP contribution in [-0.2, 0) is 6.42 Å². The molecule has 1 aliphatic rings. The number of thiophene rings is 1. The monoisotopic (exact) mass is 259 g/mol. The molecule has 1 nitrogen and oxygen atoms in total. The number of hydrogen-bond donors (Lipinski definition) is 1. The van der Waals surface area contributed by atoms with Crippen molar-refractivity contribution < 1.29 is 0 Å². The molecule has 0 bridgehead atoms. The van der Waals surface area contributed by atoms with Gasteiger partial charge in [0.2, 0.25) is 0 Å². The second kappa shape index (κ2) is 4.11. The largest absolute Gasteiger partial charge is 0.316 e. The van der Waals surface area contributed by atoms with Crippen molar-refractivity contribution in [2.45, 2.75) is 25.3 Å². The summed E-state index contributed by atoms with van der Waals surface area (Å²) in [6.07, 6.45) is 4.02. The highest BCUT2D eigenvalue weighted by atomic mass is 79.9. The highest BCUT2D eigenvalue weighted by Crippen LogP contribution is 2.35. The van der Waals surface area contributed by atoms with E-state index >= 15 is 0 Å². The van der Waals surface area contributed by atoms with Crippen LogP contribution in [0.25, 0.3) is 0 Å². The molecule has 1 heterocycles. The Hall–Kier alpha value is 0.140. The van der Waals surface area contributed by atoms with E-state index in [0.29, 0.717) is 6.04 Å². The molecule has 0 radical (unpaired) electrons. The van der Waals surface area contributed by atoms with Crippen LogP contribution in [0, 0.1) is 5.92 Å². The quantitative estimate of drug-likeness (QED) is 0.877. The van der Waals surface area contributed by atoms with Crippen molar-refractivity contribution in [2.24, 2.45) is 5.92 Å². The molecule has 1 aromatic heterocycles. The molecule has 72 valence electrons. The number of hydrogen-bond acceptors (Lipinski definition) is 2. The van der Waals surface area contributed by atoms with E-state index in [2.05, 4.69) is 40.4 Å². The van der Waals surface area contributed by atoms with E-state index in [0.717, 1.165) is 5.92 Å². The van der Waals surface area contributed by atoms with E-state index in [-0.39, 0.29) is 0 Å². The van der Waals surface area contributed by atoms with Crippen LogP contribution in [-0.4, -0.2) is 13.1 Å². The minimum Gasteiger partial charge on any atom is -0.316 e. The molecule has 0 saturated heterocycles. The first-order valence-electron chi connectivity index (χ1n) is 4.71. The van der Waals surface area contributed by atoms with Gasteiger partial charge in [-0.1, -0.05) is 0 Å². The first kappa shape index (κ1) is 9.69. The van der Waals surface area contributed by atoms with E-state index < -0.39 is 0 Å². The topological polar surface area (TPSA) is 12.0 Å². The first-order chi connectivity index (χ1) is 6.29. The molecule has 0 spiro atoms. The predicted molar refractivity (Wildman–Crippen MR) is 61.3 cm³/mol. The predicted octanol–water partition coefficient (Wildman–Crippen LogP) is 3.05. The Balaban J connectivity index is 1.95. The fraction of sp³-hybridized carbons (Fsp3) is 0.600. The maximum Gasteiger partial charge on any atom is 0.0701 e. The minimum atomic E-state index is 0.700. The van der Waals surface area contributed by atoms with Gasteiger partial charge in [-0.3, -0.25) is 0 Å². The van der Waals surface area contributed by atoms with E-state index in [1.807, 2.05) is 11.3 Å². The maximum atomic E-state index is 3.49. The third kappa shape index (κ3) is 2.55. The molecule has 13 heavy (non-hydrogen) atoms. The Morgan fingerprint density at radius 2 is 2.38 bits per heavy atom. The van der Waals surface area contributed by atoms with Gasteiger partial charge in [-0.05, 0) is 60.3 Å². The van der Waals surface area contributed by atoms with Crippen LogP contribution in [0.5, 0.6) is 0 Å². The molecule has 1 fully saturated rings.